The number of amides is 1. The zero-order chi connectivity index (χ0) is 13.0. The molecule has 0 radical (unpaired) electrons. The minimum Gasteiger partial charge on any atom is -0.342 e. The number of nitrogens with two attached hydrogens (primary N) is 1. The molecule has 0 aromatic carbocycles. The van der Waals surface area contributed by atoms with Crippen LogP contribution in [0.15, 0.2) is 16.8 Å². The van der Waals surface area contributed by atoms with Crippen LogP contribution >= 0.6 is 11.3 Å². The highest BCUT2D eigenvalue weighted by Crippen LogP contribution is 2.20. The molecule has 18 heavy (non-hydrogen) atoms. The molecule has 3 nitrogen and oxygen atoms in total. The molecule has 4 heteroatoms. The van der Waals surface area contributed by atoms with Crippen molar-refractivity contribution >= 4 is 17.2 Å². The number of piperidine rings is 1. The molecule has 100 valence electrons. The van der Waals surface area contributed by atoms with Gasteiger partial charge in [0.1, 0.15) is 0 Å². The van der Waals surface area contributed by atoms with Crippen molar-refractivity contribution in [3.05, 3.63) is 22.4 Å². The van der Waals surface area contributed by atoms with Gasteiger partial charge in [0.15, 0.2) is 0 Å². The van der Waals surface area contributed by atoms with E-state index in [4.69, 9.17) is 5.73 Å². The minimum atomic E-state index is 0.192. The van der Waals surface area contributed by atoms with Crippen molar-refractivity contribution in [1.29, 1.82) is 0 Å². The smallest absolute Gasteiger partial charge is 0.222 e. The molecule has 2 atom stereocenters. The van der Waals surface area contributed by atoms with Gasteiger partial charge >= 0.3 is 0 Å². The topological polar surface area (TPSA) is 46.3 Å². The third kappa shape index (κ3) is 3.56. The molecule has 2 N–H and O–H groups in total. The quantitative estimate of drug-likeness (QED) is 0.908. The maximum atomic E-state index is 12.1. The Hall–Kier alpha value is -0.870. The zero-order valence-electron chi connectivity index (χ0n) is 11.0. The van der Waals surface area contributed by atoms with E-state index in [-0.39, 0.29) is 11.9 Å². The van der Waals surface area contributed by atoms with E-state index in [0.29, 0.717) is 12.3 Å². The molecule has 0 bridgehead atoms. The molecule has 0 aliphatic carbocycles. The van der Waals surface area contributed by atoms with E-state index in [2.05, 4.69) is 16.8 Å². The summed E-state index contributed by atoms with van der Waals surface area (Å²) in [5, 5.41) is 4.18. The minimum absolute atomic E-state index is 0.192. The Labute approximate surface area is 113 Å². The maximum Gasteiger partial charge on any atom is 0.222 e. The molecule has 2 rings (SSSR count). The van der Waals surface area contributed by atoms with E-state index < -0.39 is 0 Å². The van der Waals surface area contributed by atoms with Gasteiger partial charge < -0.3 is 10.6 Å². The fourth-order valence-corrected chi connectivity index (χ4v) is 3.21. The van der Waals surface area contributed by atoms with Crippen LogP contribution in [0.5, 0.6) is 0 Å². The predicted octanol–water partition coefficient (Wildman–Crippen LogP) is 2.27. The summed E-state index contributed by atoms with van der Waals surface area (Å²) in [6.45, 7) is 3.80. The van der Waals surface area contributed by atoms with E-state index in [0.717, 1.165) is 32.4 Å². The van der Waals surface area contributed by atoms with Crippen LogP contribution in [0.3, 0.4) is 0 Å². The monoisotopic (exact) mass is 266 g/mol. The molecule has 1 aliphatic heterocycles. The Morgan fingerprint density at radius 2 is 2.50 bits per heavy atom. The van der Waals surface area contributed by atoms with Gasteiger partial charge in [-0.05, 0) is 54.5 Å². The van der Waals surface area contributed by atoms with Crippen LogP contribution in [0.1, 0.15) is 31.7 Å². The molecular formula is C14H22N2OS. The van der Waals surface area contributed by atoms with Gasteiger partial charge in [-0.15, -0.1) is 0 Å². The summed E-state index contributed by atoms with van der Waals surface area (Å²) in [7, 11) is 0. The van der Waals surface area contributed by atoms with Crippen LogP contribution in [0.2, 0.25) is 0 Å². The largest absolute Gasteiger partial charge is 0.342 e. The lowest BCUT2D eigenvalue weighted by molar-refractivity contribution is -0.133. The molecule has 0 spiro atoms. The highest BCUT2D eigenvalue weighted by Gasteiger charge is 2.25. The summed E-state index contributed by atoms with van der Waals surface area (Å²) in [4.78, 5) is 14.2. The van der Waals surface area contributed by atoms with Crippen molar-refractivity contribution < 1.29 is 4.79 Å². The lowest BCUT2D eigenvalue weighted by atomic mass is 9.92. The van der Waals surface area contributed by atoms with Gasteiger partial charge in [0.2, 0.25) is 5.91 Å². The van der Waals surface area contributed by atoms with E-state index in [1.165, 1.54) is 5.56 Å². The highest BCUT2D eigenvalue weighted by atomic mass is 32.1. The van der Waals surface area contributed by atoms with E-state index in [1.54, 1.807) is 11.3 Å². The number of carbonyl (C=O) groups is 1. The Morgan fingerprint density at radius 3 is 3.17 bits per heavy atom. The summed E-state index contributed by atoms with van der Waals surface area (Å²) in [5.41, 5.74) is 7.22. The molecule has 0 unspecified atom stereocenters. The average Bonchev–Trinajstić information content (AvgIpc) is 2.89. The number of nitrogens with zero attached hydrogens (tertiary/aromatic N) is 1. The molecule has 1 aromatic heterocycles. The van der Waals surface area contributed by atoms with Gasteiger partial charge in [-0.3, -0.25) is 4.79 Å². The van der Waals surface area contributed by atoms with Crippen molar-refractivity contribution in [2.75, 3.05) is 13.1 Å². The Balaban J connectivity index is 1.81. The van der Waals surface area contributed by atoms with Crippen LogP contribution in [0.25, 0.3) is 0 Å². The molecule has 1 saturated heterocycles. The van der Waals surface area contributed by atoms with Crippen LogP contribution < -0.4 is 5.73 Å². The number of rotatable bonds is 4. The fourth-order valence-electron chi connectivity index (χ4n) is 2.51. The second-order valence-corrected chi connectivity index (χ2v) is 6.01. The molecule has 0 saturated carbocycles. The molecular weight excluding hydrogens is 244 g/mol. The van der Waals surface area contributed by atoms with Crippen LogP contribution in [-0.2, 0) is 11.2 Å². The van der Waals surface area contributed by atoms with E-state index in [1.807, 2.05) is 11.8 Å². The van der Waals surface area contributed by atoms with E-state index in [9.17, 15) is 4.79 Å². The SMILES string of the molecule is C[C@H](N)[C@@H]1CCCN(C(=O)CCc2ccsc2)C1. The summed E-state index contributed by atoms with van der Waals surface area (Å²) in [5.74, 6) is 0.760. The van der Waals surface area contributed by atoms with Gasteiger partial charge in [0.25, 0.3) is 0 Å². The van der Waals surface area contributed by atoms with Crippen molar-refractivity contribution in [2.45, 2.75) is 38.6 Å². The highest BCUT2D eigenvalue weighted by molar-refractivity contribution is 7.07. The summed E-state index contributed by atoms with van der Waals surface area (Å²) >= 11 is 1.69. The van der Waals surface area contributed by atoms with Gasteiger partial charge in [0.05, 0.1) is 0 Å². The zero-order valence-corrected chi connectivity index (χ0v) is 11.8. The van der Waals surface area contributed by atoms with Crippen LogP contribution in [0, 0.1) is 5.92 Å². The van der Waals surface area contributed by atoms with Crippen molar-refractivity contribution in [1.82, 2.24) is 4.90 Å². The van der Waals surface area contributed by atoms with E-state index >= 15 is 0 Å². The van der Waals surface area contributed by atoms with Gasteiger partial charge in [-0.1, -0.05) is 0 Å². The number of hydrogen-bond acceptors (Lipinski definition) is 3. The lowest BCUT2D eigenvalue weighted by Crippen LogP contribution is -2.45. The number of thiophene rings is 1. The predicted molar refractivity (Wildman–Crippen MR) is 75.6 cm³/mol. The fraction of sp³-hybridized carbons (Fsp3) is 0.643. The average molecular weight is 266 g/mol. The second-order valence-electron chi connectivity index (χ2n) is 5.23. The molecule has 2 heterocycles. The normalized spacial score (nSPS) is 21.9. The lowest BCUT2D eigenvalue weighted by Gasteiger charge is -2.34. The third-order valence-corrected chi connectivity index (χ3v) is 4.49. The maximum absolute atomic E-state index is 12.1. The Bertz CT molecular complexity index is 375. The summed E-state index contributed by atoms with van der Waals surface area (Å²) in [6.07, 6.45) is 3.74. The molecule has 1 aromatic rings. The van der Waals surface area contributed by atoms with Crippen molar-refractivity contribution in [3.8, 4) is 0 Å². The summed E-state index contributed by atoms with van der Waals surface area (Å²) in [6, 6.07) is 2.29. The Kier molecular flexibility index (Phi) is 4.78. The first-order valence-corrected chi connectivity index (χ1v) is 7.65. The summed E-state index contributed by atoms with van der Waals surface area (Å²) < 4.78 is 0. The van der Waals surface area contributed by atoms with Gasteiger partial charge in [-0.25, -0.2) is 0 Å². The van der Waals surface area contributed by atoms with Crippen molar-refractivity contribution in [3.63, 3.8) is 0 Å². The number of hydrogen-bond donors (Lipinski definition) is 1. The first kappa shape index (κ1) is 13.6. The number of likely N-dealkylation sites (tertiary alicyclic amines) is 1. The van der Waals surface area contributed by atoms with Crippen LogP contribution in [-0.4, -0.2) is 29.9 Å². The van der Waals surface area contributed by atoms with Gasteiger partial charge in [0, 0.05) is 25.6 Å². The molecule has 1 amide bonds. The van der Waals surface area contributed by atoms with Crippen LogP contribution in [0.4, 0.5) is 0 Å². The molecule has 1 fully saturated rings. The first-order valence-electron chi connectivity index (χ1n) is 6.71. The second kappa shape index (κ2) is 6.34. The number of carbonyl (C=O) groups excluding carboxylic acids is 1. The van der Waals surface area contributed by atoms with Crippen molar-refractivity contribution in [2.24, 2.45) is 11.7 Å². The third-order valence-electron chi connectivity index (χ3n) is 3.76. The Morgan fingerprint density at radius 1 is 1.67 bits per heavy atom. The number of aryl methyl sites for hydroxylation is 1. The first-order chi connectivity index (χ1) is 8.66. The molecule has 1 aliphatic rings. The standard InChI is InChI=1S/C14H22N2OS/c1-11(15)13-3-2-7-16(9-13)14(17)5-4-12-6-8-18-10-12/h6,8,10-11,13H,2-5,7,9,15H2,1H3/t11-,13+/m0/s1. The van der Waals surface area contributed by atoms with Gasteiger partial charge in [-0.2, -0.15) is 11.3 Å².